The first-order valence-corrected chi connectivity index (χ1v) is 6.46. The van der Waals surface area contributed by atoms with Crippen LogP contribution in [0.1, 0.15) is 53.0 Å². The molecule has 0 bridgehead atoms. The molecule has 0 heterocycles. The molecule has 0 radical (unpaired) electrons. The summed E-state index contributed by atoms with van der Waals surface area (Å²) in [6.07, 6.45) is 0. The fourth-order valence-electron chi connectivity index (χ4n) is 1.12. The molecule has 0 aliphatic carbocycles. The molecule has 0 saturated carbocycles. The Bertz CT molecular complexity index is 269. The average molecular weight is 242 g/mol. The van der Waals surface area contributed by atoms with Crippen LogP contribution in [0.4, 0.5) is 0 Å². The van der Waals surface area contributed by atoms with Gasteiger partial charge in [-0.2, -0.15) is 0 Å². The first-order chi connectivity index (χ1) is 7.65. The van der Waals surface area contributed by atoms with Crippen molar-refractivity contribution in [3.8, 4) is 5.75 Å². The Balaban J connectivity index is 0. The molecule has 0 aromatic heterocycles. The van der Waals surface area contributed by atoms with E-state index in [0.717, 1.165) is 10.6 Å². The standard InChI is InChI=1S/C10H14OS.2C2H6/c1-7(2)9-6-8(11-3)4-5-10(9)12;2*1-2/h4-7,12H,1-3H3;2*1-2H3. The van der Waals surface area contributed by atoms with Crippen LogP contribution in [-0.2, 0) is 0 Å². The zero-order valence-corrected chi connectivity index (χ0v) is 12.6. The average Bonchev–Trinajstić information content (AvgIpc) is 2.34. The van der Waals surface area contributed by atoms with Crippen molar-refractivity contribution in [1.29, 1.82) is 0 Å². The fraction of sp³-hybridized carbons (Fsp3) is 0.571. The lowest BCUT2D eigenvalue weighted by Gasteiger charge is -2.10. The van der Waals surface area contributed by atoms with E-state index in [1.165, 1.54) is 5.56 Å². The van der Waals surface area contributed by atoms with Gasteiger partial charge in [0, 0.05) is 4.90 Å². The van der Waals surface area contributed by atoms with Gasteiger partial charge in [0.2, 0.25) is 0 Å². The second kappa shape index (κ2) is 10.9. The van der Waals surface area contributed by atoms with Crippen molar-refractivity contribution in [3.63, 3.8) is 0 Å². The highest BCUT2D eigenvalue weighted by Crippen LogP contribution is 2.26. The van der Waals surface area contributed by atoms with Gasteiger partial charge >= 0.3 is 0 Å². The quantitative estimate of drug-likeness (QED) is 0.705. The Morgan fingerprint density at radius 2 is 1.56 bits per heavy atom. The molecule has 1 rings (SSSR count). The summed E-state index contributed by atoms with van der Waals surface area (Å²) in [4.78, 5) is 1.03. The van der Waals surface area contributed by atoms with Crippen molar-refractivity contribution in [2.45, 2.75) is 52.4 Å². The predicted octanol–water partition coefficient (Wildman–Crippen LogP) is 5.16. The summed E-state index contributed by atoms with van der Waals surface area (Å²) in [6, 6.07) is 5.93. The third-order valence-corrected chi connectivity index (χ3v) is 2.26. The molecule has 0 aliphatic heterocycles. The van der Waals surface area contributed by atoms with Gasteiger partial charge in [0.1, 0.15) is 5.75 Å². The van der Waals surface area contributed by atoms with Crippen molar-refractivity contribution in [1.82, 2.24) is 0 Å². The van der Waals surface area contributed by atoms with Crippen LogP contribution in [0.25, 0.3) is 0 Å². The fourth-order valence-corrected chi connectivity index (χ4v) is 1.52. The van der Waals surface area contributed by atoms with E-state index < -0.39 is 0 Å². The van der Waals surface area contributed by atoms with Gasteiger partial charge in [-0.25, -0.2) is 0 Å². The van der Waals surface area contributed by atoms with Gasteiger partial charge in [0.15, 0.2) is 0 Å². The van der Waals surface area contributed by atoms with Gasteiger partial charge in [0.05, 0.1) is 7.11 Å². The summed E-state index contributed by atoms with van der Waals surface area (Å²) >= 11 is 4.37. The van der Waals surface area contributed by atoms with Gasteiger partial charge in [-0.3, -0.25) is 0 Å². The number of methoxy groups -OCH3 is 1. The highest BCUT2D eigenvalue weighted by atomic mass is 32.1. The van der Waals surface area contributed by atoms with Gasteiger partial charge < -0.3 is 4.74 Å². The molecular formula is C14H26OS. The van der Waals surface area contributed by atoms with Gasteiger partial charge in [-0.1, -0.05) is 41.5 Å². The van der Waals surface area contributed by atoms with Crippen LogP contribution in [0.5, 0.6) is 5.75 Å². The zero-order valence-electron chi connectivity index (χ0n) is 11.7. The van der Waals surface area contributed by atoms with E-state index in [2.05, 4.69) is 26.5 Å². The van der Waals surface area contributed by atoms with Gasteiger partial charge in [-0.05, 0) is 29.7 Å². The van der Waals surface area contributed by atoms with Crippen LogP contribution >= 0.6 is 12.6 Å². The zero-order chi connectivity index (χ0) is 13.1. The number of thiol groups is 1. The smallest absolute Gasteiger partial charge is 0.119 e. The van der Waals surface area contributed by atoms with Gasteiger partial charge in [-0.15, -0.1) is 12.6 Å². The Labute approximate surface area is 107 Å². The Kier molecular flexibility index (Phi) is 12.1. The third-order valence-electron chi connectivity index (χ3n) is 1.86. The monoisotopic (exact) mass is 242 g/mol. The van der Waals surface area contributed by atoms with E-state index in [0.29, 0.717) is 5.92 Å². The lowest BCUT2D eigenvalue weighted by molar-refractivity contribution is 0.413. The minimum absolute atomic E-state index is 0.493. The summed E-state index contributed by atoms with van der Waals surface area (Å²) in [6.45, 7) is 12.3. The number of hydrogen-bond donors (Lipinski definition) is 1. The first kappa shape index (κ1) is 17.8. The van der Waals surface area contributed by atoms with E-state index in [9.17, 15) is 0 Å². The number of benzene rings is 1. The Morgan fingerprint density at radius 1 is 1.06 bits per heavy atom. The summed E-state index contributed by atoms with van der Waals surface area (Å²) in [5, 5.41) is 0. The Morgan fingerprint density at radius 3 is 1.94 bits per heavy atom. The summed E-state index contributed by atoms with van der Waals surface area (Å²) < 4.78 is 5.13. The number of ether oxygens (including phenoxy) is 1. The SMILES string of the molecule is CC.CC.COc1ccc(S)c(C(C)C)c1. The van der Waals surface area contributed by atoms with Crippen LogP contribution < -0.4 is 4.74 Å². The maximum Gasteiger partial charge on any atom is 0.119 e. The number of hydrogen-bond acceptors (Lipinski definition) is 2. The second-order valence-corrected chi connectivity index (χ2v) is 3.56. The van der Waals surface area contributed by atoms with E-state index >= 15 is 0 Å². The number of rotatable bonds is 2. The molecule has 1 aromatic rings. The molecule has 16 heavy (non-hydrogen) atoms. The molecule has 2 heteroatoms. The van der Waals surface area contributed by atoms with E-state index in [1.807, 2.05) is 45.9 Å². The first-order valence-electron chi connectivity index (χ1n) is 6.02. The lowest BCUT2D eigenvalue weighted by atomic mass is 10.0. The highest BCUT2D eigenvalue weighted by molar-refractivity contribution is 7.80. The molecule has 1 aromatic carbocycles. The molecule has 94 valence electrons. The minimum Gasteiger partial charge on any atom is -0.497 e. The maximum atomic E-state index is 5.13. The van der Waals surface area contributed by atoms with Crippen LogP contribution in [0.2, 0.25) is 0 Å². The highest BCUT2D eigenvalue weighted by Gasteiger charge is 2.04. The van der Waals surface area contributed by atoms with Crippen LogP contribution in [0.15, 0.2) is 23.1 Å². The minimum atomic E-state index is 0.493. The molecule has 0 amide bonds. The summed E-state index contributed by atoms with van der Waals surface area (Å²) in [5.74, 6) is 1.39. The molecule has 0 atom stereocenters. The summed E-state index contributed by atoms with van der Waals surface area (Å²) in [7, 11) is 1.68. The predicted molar refractivity (Wildman–Crippen MR) is 77.0 cm³/mol. The Hall–Kier alpha value is -0.630. The van der Waals surface area contributed by atoms with Crippen LogP contribution in [0.3, 0.4) is 0 Å². The normalized spacial score (nSPS) is 8.56. The molecule has 0 aliphatic rings. The van der Waals surface area contributed by atoms with E-state index in [1.54, 1.807) is 7.11 Å². The third kappa shape index (κ3) is 6.06. The largest absolute Gasteiger partial charge is 0.497 e. The lowest BCUT2D eigenvalue weighted by Crippen LogP contribution is -1.91. The molecular weight excluding hydrogens is 216 g/mol. The van der Waals surface area contributed by atoms with Gasteiger partial charge in [0.25, 0.3) is 0 Å². The van der Waals surface area contributed by atoms with Crippen molar-refractivity contribution < 1.29 is 4.74 Å². The van der Waals surface area contributed by atoms with Crippen molar-refractivity contribution in [2.24, 2.45) is 0 Å². The molecule has 0 saturated heterocycles. The van der Waals surface area contributed by atoms with Crippen molar-refractivity contribution in [2.75, 3.05) is 7.11 Å². The van der Waals surface area contributed by atoms with E-state index in [4.69, 9.17) is 4.74 Å². The molecule has 0 fully saturated rings. The van der Waals surface area contributed by atoms with Crippen molar-refractivity contribution in [3.05, 3.63) is 23.8 Å². The molecule has 0 spiro atoms. The summed E-state index contributed by atoms with van der Waals surface area (Å²) in [5.41, 5.74) is 1.23. The van der Waals surface area contributed by atoms with E-state index in [-0.39, 0.29) is 0 Å². The van der Waals surface area contributed by atoms with Crippen LogP contribution in [0, 0.1) is 0 Å². The molecule has 0 N–H and O–H groups in total. The maximum absolute atomic E-state index is 5.13. The second-order valence-electron chi connectivity index (χ2n) is 3.08. The molecule has 1 nitrogen and oxygen atoms in total. The topological polar surface area (TPSA) is 9.23 Å². The molecule has 0 unspecified atom stereocenters. The van der Waals surface area contributed by atoms with Crippen LogP contribution in [-0.4, -0.2) is 7.11 Å². The van der Waals surface area contributed by atoms with Crippen molar-refractivity contribution >= 4 is 12.6 Å².